The average molecular weight is 310 g/mol. The van der Waals surface area contributed by atoms with Crippen LogP contribution < -0.4 is 0 Å². The minimum Gasteiger partial charge on any atom is -0.361 e. The third-order valence-electron chi connectivity index (χ3n) is 5.40. The first kappa shape index (κ1) is 16.5. The van der Waals surface area contributed by atoms with Gasteiger partial charge in [0.25, 0.3) is 0 Å². The molecule has 0 bridgehead atoms. The number of rotatable bonds is 0. The van der Waals surface area contributed by atoms with E-state index in [2.05, 4.69) is 0 Å². The first-order chi connectivity index (χ1) is 9.57. The zero-order valence-corrected chi connectivity index (χ0v) is 14.8. The Hall–Kier alpha value is -0.870. The van der Waals surface area contributed by atoms with Crippen LogP contribution in [-0.2, 0) is 20.2 Å². The molecule has 1 aromatic rings. The number of ether oxygens (including phenoxy) is 1. The largest absolute Gasteiger partial charge is 0.361 e. The highest BCUT2D eigenvalue weighted by atomic mass is 32.2. The monoisotopic (exact) mass is 310 g/mol. The standard InChI is InChI=1S/C15H20O3S.C2H6/c1-13(2)12-15(5,18-12)10-8-6-7-9-11(10)19(16,17)14(13,3)4;1-2/h6-9,12H,1-5H3;1-2H3. The van der Waals surface area contributed by atoms with Crippen LogP contribution in [0.2, 0.25) is 0 Å². The van der Waals surface area contributed by atoms with E-state index in [9.17, 15) is 8.42 Å². The maximum atomic E-state index is 13.0. The number of epoxide rings is 1. The molecule has 0 spiro atoms. The summed E-state index contributed by atoms with van der Waals surface area (Å²) in [6.45, 7) is 13.6. The Bertz CT molecular complexity index is 658. The fourth-order valence-corrected chi connectivity index (χ4v) is 5.47. The second kappa shape index (κ2) is 4.56. The molecule has 21 heavy (non-hydrogen) atoms. The van der Waals surface area contributed by atoms with E-state index < -0.39 is 25.6 Å². The summed E-state index contributed by atoms with van der Waals surface area (Å²) >= 11 is 0. The van der Waals surface area contributed by atoms with Crippen molar-refractivity contribution in [1.29, 1.82) is 0 Å². The predicted molar refractivity (Wildman–Crippen MR) is 85.1 cm³/mol. The van der Waals surface area contributed by atoms with Crippen LogP contribution in [0.1, 0.15) is 54.0 Å². The van der Waals surface area contributed by atoms with Gasteiger partial charge < -0.3 is 4.74 Å². The lowest BCUT2D eigenvalue weighted by molar-refractivity contribution is 0.185. The van der Waals surface area contributed by atoms with Gasteiger partial charge in [0.15, 0.2) is 9.84 Å². The Morgan fingerprint density at radius 1 is 1.00 bits per heavy atom. The van der Waals surface area contributed by atoms with Crippen molar-refractivity contribution in [3.63, 3.8) is 0 Å². The zero-order valence-electron chi connectivity index (χ0n) is 14.0. The molecule has 1 aromatic carbocycles. The predicted octanol–water partition coefficient (Wildman–Crippen LogP) is 3.92. The molecular formula is C17H26O3S. The molecule has 2 unspecified atom stereocenters. The van der Waals surface area contributed by atoms with Gasteiger partial charge in [0.1, 0.15) is 5.60 Å². The van der Waals surface area contributed by atoms with E-state index in [-0.39, 0.29) is 6.10 Å². The van der Waals surface area contributed by atoms with E-state index in [1.807, 2.05) is 60.6 Å². The molecule has 3 rings (SSSR count). The van der Waals surface area contributed by atoms with Crippen molar-refractivity contribution in [2.45, 2.75) is 69.8 Å². The van der Waals surface area contributed by atoms with E-state index in [0.717, 1.165) is 5.56 Å². The Morgan fingerprint density at radius 3 is 2.10 bits per heavy atom. The molecule has 118 valence electrons. The zero-order chi connectivity index (χ0) is 16.3. The molecule has 0 saturated carbocycles. The number of hydrogen-bond donors (Lipinski definition) is 0. The van der Waals surface area contributed by atoms with Crippen molar-refractivity contribution in [3.8, 4) is 0 Å². The van der Waals surface area contributed by atoms with Gasteiger partial charge in [0, 0.05) is 11.0 Å². The van der Waals surface area contributed by atoms with Gasteiger partial charge in [-0.2, -0.15) is 0 Å². The van der Waals surface area contributed by atoms with Crippen molar-refractivity contribution in [2.24, 2.45) is 5.41 Å². The van der Waals surface area contributed by atoms with Crippen molar-refractivity contribution < 1.29 is 13.2 Å². The molecule has 0 N–H and O–H groups in total. The fraction of sp³-hybridized carbons (Fsp3) is 0.647. The second-order valence-corrected chi connectivity index (χ2v) is 9.30. The van der Waals surface area contributed by atoms with Crippen LogP contribution in [-0.4, -0.2) is 19.3 Å². The Kier molecular flexibility index (Phi) is 3.58. The third-order valence-corrected chi connectivity index (χ3v) is 8.20. The van der Waals surface area contributed by atoms with Gasteiger partial charge in [-0.15, -0.1) is 0 Å². The van der Waals surface area contributed by atoms with E-state index in [4.69, 9.17) is 4.74 Å². The highest BCUT2D eigenvalue weighted by Gasteiger charge is 2.70. The molecule has 2 aliphatic heterocycles. The maximum Gasteiger partial charge on any atom is 0.184 e. The summed E-state index contributed by atoms with van der Waals surface area (Å²) in [5.74, 6) is 0. The van der Waals surface area contributed by atoms with Crippen LogP contribution >= 0.6 is 0 Å². The van der Waals surface area contributed by atoms with Gasteiger partial charge in [-0.3, -0.25) is 0 Å². The van der Waals surface area contributed by atoms with Gasteiger partial charge in [-0.1, -0.05) is 45.9 Å². The summed E-state index contributed by atoms with van der Waals surface area (Å²) in [6, 6.07) is 7.25. The van der Waals surface area contributed by atoms with Gasteiger partial charge >= 0.3 is 0 Å². The maximum absolute atomic E-state index is 13.0. The van der Waals surface area contributed by atoms with Gasteiger partial charge in [-0.05, 0) is 26.8 Å². The highest BCUT2D eigenvalue weighted by Crippen LogP contribution is 2.63. The van der Waals surface area contributed by atoms with Crippen LogP contribution in [0.4, 0.5) is 0 Å². The van der Waals surface area contributed by atoms with E-state index >= 15 is 0 Å². The van der Waals surface area contributed by atoms with E-state index in [1.54, 1.807) is 12.1 Å². The van der Waals surface area contributed by atoms with Crippen LogP contribution in [0.25, 0.3) is 0 Å². The third kappa shape index (κ3) is 1.85. The Morgan fingerprint density at radius 2 is 1.52 bits per heavy atom. The molecule has 0 aliphatic carbocycles. The summed E-state index contributed by atoms with van der Waals surface area (Å²) in [5.41, 5.74) is -0.112. The van der Waals surface area contributed by atoms with Crippen molar-refractivity contribution in [3.05, 3.63) is 29.8 Å². The molecule has 4 heteroatoms. The normalized spacial score (nSPS) is 33.6. The Balaban J connectivity index is 0.000000774. The molecule has 0 amide bonds. The molecule has 1 fully saturated rings. The number of benzene rings is 1. The van der Waals surface area contributed by atoms with Gasteiger partial charge in [0.2, 0.25) is 0 Å². The minimum atomic E-state index is -3.39. The van der Waals surface area contributed by atoms with Gasteiger partial charge in [-0.25, -0.2) is 8.42 Å². The number of hydrogen-bond acceptors (Lipinski definition) is 3. The summed E-state index contributed by atoms with van der Waals surface area (Å²) in [5, 5.41) is 0. The smallest absolute Gasteiger partial charge is 0.184 e. The van der Waals surface area contributed by atoms with E-state index in [0.29, 0.717) is 4.90 Å². The summed E-state index contributed by atoms with van der Waals surface area (Å²) < 4.78 is 31.1. The molecular weight excluding hydrogens is 284 g/mol. The SMILES string of the molecule is CC.CC12OC1C(C)(C)C(C)(C)S(=O)(=O)c1ccccc12. The van der Waals surface area contributed by atoms with Crippen LogP contribution in [0.3, 0.4) is 0 Å². The first-order valence-corrected chi connectivity index (χ1v) is 9.07. The van der Waals surface area contributed by atoms with Crippen LogP contribution in [0.5, 0.6) is 0 Å². The lowest BCUT2D eigenvalue weighted by Gasteiger charge is -2.39. The molecule has 2 aliphatic rings. The summed E-state index contributed by atoms with van der Waals surface area (Å²) in [7, 11) is -3.39. The summed E-state index contributed by atoms with van der Waals surface area (Å²) in [6.07, 6.45) is -0.0616. The van der Waals surface area contributed by atoms with Crippen molar-refractivity contribution in [1.82, 2.24) is 0 Å². The van der Waals surface area contributed by atoms with Crippen LogP contribution in [0, 0.1) is 5.41 Å². The fourth-order valence-electron chi connectivity index (χ4n) is 3.30. The summed E-state index contributed by atoms with van der Waals surface area (Å²) in [4.78, 5) is 0.426. The molecule has 0 radical (unpaired) electrons. The highest BCUT2D eigenvalue weighted by molar-refractivity contribution is 7.93. The average Bonchev–Trinajstić information content (AvgIpc) is 3.14. The van der Waals surface area contributed by atoms with Crippen LogP contribution in [0.15, 0.2) is 29.2 Å². The molecule has 2 heterocycles. The molecule has 1 saturated heterocycles. The molecule has 2 atom stereocenters. The van der Waals surface area contributed by atoms with Crippen molar-refractivity contribution >= 4 is 9.84 Å². The minimum absolute atomic E-state index is 0.0616. The first-order valence-electron chi connectivity index (χ1n) is 7.59. The Labute approximate surface area is 128 Å². The van der Waals surface area contributed by atoms with Gasteiger partial charge in [0.05, 0.1) is 15.7 Å². The quantitative estimate of drug-likeness (QED) is 0.682. The molecule has 3 nitrogen and oxygen atoms in total. The second-order valence-electron chi connectivity index (χ2n) is 6.84. The molecule has 0 aromatic heterocycles. The number of fused-ring (bicyclic) bond motifs is 3. The van der Waals surface area contributed by atoms with Crippen molar-refractivity contribution in [2.75, 3.05) is 0 Å². The van der Waals surface area contributed by atoms with E-state index in [1.165, 1.54) is 0 Å². The topological polar surface area (TPSA) is 46.7 Å². The lowest BCUT2D eigenvalue weighted by Crippen LogP contribution is -2.48. The number of sulfone groups is 1. The lowest BCUT2D eigenvalue weighted by atomic mass is 9.73.